The highest BCUT2D eigenvalue weighted by Gasteiger charge is 1.95. The standard InChI is InChI=1S/C12H16/c1-4-10(3)12-8-6-11(5-2)7-9-12/h6-9H,3-5H2,1-2H3. The van der Waals surface area contributed by atoms with Crippen LogP contribution in [-0.4, -0.2) is 0 Å². The number of benzene rings is 1. The molecule has 0 radical (unpaired) electrons. The fraction of sp³-hybridized carbons (Fsp3) is 0.333. The summed E-state index contributed by atoms with van der Waals surface area (Å²) in [5.74, 6) is 0. The molecule has 1 aromatic carbocycles. The third kappa shape index (κ3) is 1.97. The van der Waals surface area contributed by atoms with Gasteiger partial charge in [-0.25, -0.2) is 0 Å². The molecule has 0 aromatic heterocycles. The van der Waals surface area contributed by atoms with Crippen LogP contribution in [-0.2, 0) is 6.42 Å². The molecule has 0 amide bonds. The third-order valence-corrected chi connectivity index (χ3v) is 2.20. The zero-order chi connectivity index (χ0) is 8.97. The smallest absolute Gasteiger partial charge is 0.0230 e. The molecule has 1 rings (SSSR count). The van der Waals surface area contributed by atoms with Gasteiger partial charge < -0.3 is 0 Å². The van der Waals surface area contributed by atoms with Gasteiger partial charge in [0.1, 0.15) is 0 Å². The van der Waals surface area contributed by atoms with Gasteiger partial charge in [0.15, 0.2) is 0 Å². The predicted molar refractivity (Wildman–Crippen MR) is 55.1 cm³/mol. The van der Waals surface area contributed by atoms with Crippen molar-refractivity contribution in [3.63, 3.8) is 0 Å². The highest BCUT2D eigenvalue weighted by Crippen LogP contribution is 2.16. The first-order chi connectivity index (χ1) is 5.77. The Balaban J connectivity index is 2.84. The van der Waals surface area contributed by atoms with E-state index in [-0.39, 0.29) is 0 Å². The fourth-order valence-electron chi connectivity index (χ4n) is 1.18. The minimum atomic E-state index is 1.03. The van der Waals surface area contributed by atoms with Crippen LogP contribution in [0.4, 0.5) is 0 Å². The van der Waals surface area contributed by atoms with Crippen molar-refractivity contribution in [2.24, 2.45) is 0 Å². The molecule has 1 aromatic rings. The summed E-state index contributed by atoms with van der Waals surface area (Å²) in [6.07, 6.45) is 2.14. The lowest BCUT2D eigenvalue weighted by molar-refractivity contribution is 1.14. The number of aryl methyl sites for hydroxylation is 1. The molecule has 0 aliphatic heterocycles. The van der Waals surface area contributed by atoms with Crippen LogP contribution in [0.15, 0.2) is 30.8 Å². The minimum absolute atomic E-state index is 1.03. The van der Waals surface area contributed by atoms with E-state index in [4.69, 9.17) is 0 Å². The minimum Gasteiger partial charge on any atom is -0.0952 e. The maximum absolute atomic E-state index is 4.00. The molecule has 0 aliphatic rings. The van der Waals surface area contributed by atoms with Crippen LogP contribution >= 0.6 is 0 Å². The lowest BCUT2D eigenvalue weighted by atomic mass is 10.0. The van der Waals surface area contributed by atoms with Crippen LogP contribution in [0.1, 0.15) is 31.4 Å². The van der Waals surface area contributed by atoms with E-state index in [2.05, 4.69) is 44.7 Å². The van der Waals surface area contributed by atoms with Gasteiger partial charge in [-0.1, -0.05) is 44.7 Å². The van der Waals surface area contributed by atoms with Crippen molar-refractivity contribution in [2.45, 2.75) is 26.7 Å². The second kappa shape index (κ2) is 4.10. The molecule has 0 bridgehead atoms. The molecule has 0 nitrogen and oxygen atoms in total. The fourth-order valence-corrected chi connectivity index (χ4v) is 1.18. The van der Waals surface area contributed by atoms with Gasteiger partial charge in [-0.15, -0.1) is 0 Å². The van der Waals surface area contributed by atoms with Crippen LogP contribution < -0.4 is 0 Å². The number of hydrogen-bond donors (Lipinski definition) is 0. The van der Waals surface area contributed by atoms with Gasteiger partial charge in [0.05, 0.1) is 0 Å². The van der Waals surface area contributed by atoms with Crippen molar-refractivity contribution in [1.29, 1.82) is 0 Å². The van der Waals surface area contributed by atoms with Crippen LogP contribution in [0.3, 0.4) is 0 Å². The van der Waals surface area contributed by atoms with Crippen molar-refractivity contribution < 1.29 is 0 Å². The average molecular weight is 160 g/mol. The van der Waals surface area contributed by atoms with E-state index < -0.39 is 0 Å². The number of rotatable bonds is 3. The Labute approximate surface area is 74.9 Å². The predicted octanol–water partition coefficient (Wildman–Crippen LogP) is 3.67. The lowest BCUT2D eigenvalue weighted by Gasteiger charge is -2.03. The van der Waals surface area contributed by atoms with Crippen LogP contribution in [0.5, 0.6) is 0 Å². The summed E-state index contributed by atoms with van der Waals surface area (Å²) >= 11 is 0. The summed E-state index contributed by atoms with van der Waals surface area (Å²) in [6.45, 7) is 8.30. The van der Waals surface area contributed by atoms with Crippen molar-refractivity contribution in [3.8, 4) is 0 Å². The van der Waals surface area contributed by atoms with Crippen molar-refractivity contribution in [2.75, 3.05) is 0 Å². The SMILES string of the molecule is C=C(CC)c1ccc(CC)cc1. The molecule has 0 unspecified atom stereocenters. The van der Waals surface area contributed by atoms with Gasteiger partial charge in [0.25, 0.3) is 0 Å². The first kappa shape index (κ1) is 9.05. The second-order valence-corrected chi connectivity index (χ2v) is 3.01. The molecular formula is C12H16. The third-order valence-electron chi connectivity index (χ3n) is 2.20. The highest BCUT2D eigenvalue weighted by molar-refractivity contribution is 5.63. The Morgan fingerprint density at radius 3 is 2.17 bits per heavy atom. The summed E-state index contributed by atoms with van der Waals surface area (Å²) in [5.41, 5.74) is 3.88. The Hall–Kier alpha value is -1.04. The molecule has 0 heteroatoms. The topological polar surface area (TPSA) is 0 Å². The van der Waals surface area contributed by atoms with E-state index in [1.165, 1.54) is 16.7 Å². The molecule has 0 fully saturated rings. The largest absolute Gasteiger partial charge is 0.0952 e. The molecule has 0 aliphatic carbocycles. The molecule has 0 N–H and O–H groups in total. The normalized spacial score (nSPS) is 9.83. The van der Waals surface area contributed by atoms with Crippen LogP contribution in [0.25, 0.3) is 5.57 Å². The molecular weight excluding hydrogens is 144 g/mol. The zero-order valence-electron chi connectivity index (χ0n) is 7.93. The van der Waals surface area contributed by atoms with Gasteiger partial charge in [-0.05, 0) is 29.5 Å². The van der Waals surface area contributed by atoms with E-state index >= 15 is 0 Å². The first-order valence-corrected chi connectivity index (χ1v) is 4.55. The summed E-state index contributed by atoms with van der Waals surface area (Å²) in [5, 5.41) is 0. The van der Waals surface area contributed by atoms with E-state index in [1.54, 1.807) is 0 Å². The number of hydrogen-bond acceptors (Lipinski definition) is 0. The maximum Gasteiger partial charge on any atom is -0.0230 e. The maximum atomic E-state index is 4.00. The van der Waals surface area contributed by atoms with E-state index in [9.17, 15) is 0 Å². The van der Waals surface area contributed by atoms with Crippen LogP contribution in [0.2, 0.25) is 0 Å². The molecule has 0 spiro atoms. The summed E-state index contributed by atoms with van der Waals surface area (Å²) in [4.78, 5) is 0. The van der Waals surface area contributed by atoms with Gasteiger partial charge in [0.2, 0.25) is 0 Å². The Bertz CT molecular complexity index is 254. The summed E-state index contributed by atoms with van der Waals surface area (Å²) in [7, 11) is 0. The quantitative estimate of drug-likeness (QED) is 0.633. The average Bonchev–Trinajstić information content (AvgIpc) is 2.17. The first-order valence-electron chi connectivity index (χ1n) is 4.55. The molecule has 12 heavy (non-hydrogen) atoms. The molecule has 64 valence electrons. The molecule has 0 saturated carbocycles. The Morgan fingerprint density at radius 1 is 1.17 bits per heavy atom. The van der Waals surface area contributed by atoms with Crippen molar-refractivity contribution in [3.05, 3.63) is 42.0 Å². The van der Waals surface area contributed by atoms with Crippen molar-refractivity contribution in [1.82, 2.24) is 0 Å². The van der Waals surface area contributed by atoms with E-state index in [0.29, 0.717) is 0 Å². The molecule has 0 heterocycles. The van der Waals surface area contributed by atoms with Gasteiger partial charge in [-0.2, -0.15) is 0 Å². The van der Waals surface area contributed by atoms with E-state index in [0.717, 1.165) is 12.8 Å². The summed E-state index contributed by atoms with van der Waals surface area (Å²) in [6, 6.07) is 8.67. The van der Waals surface area contributed by atoms with Gasteiger partial charge in [0, 0.05) is 0 Å². The van der Waals surface area contributed by atoms with E-state index in [1.807, 2.05) is 0 Å². The van der Waals surface area contributed by atoms with Crippen LogP contribution in [0, 0.1) is 0 Å². The Kier molecular flexibility index (Phi) is 3.09. The number of allylic oxidation sites excluding steroid dienone is 1. The monoisotopic (exact) mass is 160 g/mol. The van der Waals surface area contributed by atoms with Gasteiger partial charge in [-0.3, -0.25) is 0 Å². The van der Waals surface area contributed by atoms with Crippen molar-refractivity contribution >= 4 is 5.57 Å². The molecule has 0 saturated heterocycles. The lowest BCUT2D eigenvalue weighted by Crippen LogP contribution is -1.83. The second-order valence-electron chi connectivity index (χ2n) is 3.01. The summed E-state index contributed by atoms with van der Waals surface area (Å²) < 4.78 is 0. The van der Waals surface area contributed by atoms with Gasteiger partial charge >= 0.3 is 0 Å². The zero-order valence-corrected chi connectivity index (χ0v) is 7.93. The Morgan fingerprint density at radius 2 is 1.75 bits per heavy atom. The highest BCUT2D eigenvalue weighted by atomic mass is 14.0. The molecule has 0 atom stereocenters.